The summed E-state index contributed by atoms with van der Waals surface area (Å²) in [6.45, 7) is 1.87. The van der Waals surface area contributed by atoms with Crippen molar-refractivity contribution in [3.8, 4) is 5.75 Å². The fourth-order valence-electron chi connectivity index (χ4n) is 1.51. The molecule has 0 aliphatic carbocycles. The number of esters is 1. The van der Waals surface area contributed by atoms with Crippen LogP contribution in [0.25, 0.3) is 0 Å². The second kappa shape index (κ2) is 6.94. The molecule has 0 radical (unpaired) electrons. The number of benzene rings is 1. The van der Waals surface area contributed by atoms with Gasteiger partial charge in [-0.15, -0.1) is 13.2 Å². The van der Waals surface area contributed by atoms with E-state index in [1.54, 1.807) is 6.92 Å². The van der Waals surface area contributed by atoms with Crippen molar-refractivity contribution < 1.29 is 27.4 Å². The maximum Gasteiger partial charge on any atom is 0.573 e. The lowest BCUT2D eigenvalue weighted by Gasteiger charge is -2.15. The number of nitrogens with two attached hydrogens (primary N) is 1. The lowest BCUT2D eigenvalue weighted by Crippen LogP contribution is -2.19. The second-order valence-corrected chi connectivity index (χ2v) is 4.80. The summed E-state index contributed by atoms with van der Waals surface area (Å²) in [7, 11) is 0. The van der Waals surface area contributed by atoms with E-state index in [4.69, 9.17) is 10.5 Å². The molecule has 0 heterocycles. The summed E-state index contributed by atoms with van der Waals surface area (Å²) in [5.41, 5.74) is 6.11. The van der Waals surface area contributed by atoms with Crippen LogP contribution in [0.15, 0.2) is 22.7 Å². The molecule has 0 aromatic heterocycles. The highest BCUT2D eigenvalue weighted by Gasteiger charge is 2.31. The van der Waals surface area contributed by atoms with Crippen LogP contribution < -0.4 is 10.5 Å². The Morgan fingerprint density at radius 1 is 1.40 bits per heavy atom. The van der Waals surface area contributed by atoms with Crippen molar-refractivity contribution in [3.63, 3.8) is 0 Å². The van der Waals surface area contributed by atoms with Crippen molar-refractivity contribution in [1.82, 2.24) is 0 Å². The van der Waals surface area contributed by atoms with Gasteiger partial charge in [0.1, 0.15) is 5.75 Å². The first-order chi connectivity index (χ1) is 9.21. The van der Waals surface area contributed by atoms with Crippen molar-refractivity contribution in [3.05, 3.63) is 28.2 Å². The van der Waals surface area contributed by atoms with Gasteiger partial charge in [0.05, 0.1) is 13.0 Å². The monoisotopic (exact) mass is 355 g/mol. The van der Waals surface area contributed by atoms with Crippen LogP contribution in [0.3, 0.4) is 0 Å². The van der Waals surface area contributed by atoms with E-state index in [1.807, 2.05) is 0 Å². The number of halogens is 4. The molecule has 0 saturated heterocycles. The summed E-state index contributed by atoms with van der Waals surface area (Å²) in [4.78, 5) is 11.3. The third-order valence-electron chi connectivity index (χ3n) is 2.25. The van der Waals surface area contributed by atoms with Gasteiger partial charge in [-0.3, -0.25) is 4.79 Å². The molecule has 1 rings (SSSR count). The van der Waals surface area contributed by atoms with Crippen LogP contribution in [0, 0.1) is 0 Å². The Bertz CT molecular complexity index is 480. The lowest BCUT2D eigenvalue weighted by atomic mass is 10.0. The van der Waals surface area contributed by atoms with Crippen molar-refractivity contribution >= 4 is 21.9 Å². The minimum atomic E-state index is -4.79. The van der Waals surface area contributed by atoms with Crippen LogP contribution in [-0.2, 0) is 9.53 Å². The molecule has 4 nitrogen and oxygen atoms in total. The van der Waals surface area contributed by atoms with Gasteiger partial charge in [-0.2, -0.15) is 0 Å². The minimum absolute atomic E-state index is 0.129. The van der Waals surface area contributed by atoms with Gasteiger partial charge < -0.3 is 15.2 Å². The standard InChI is InChI=1S/C12H13BrF3NO3/c1-2-19-11(18)6-10(17)7-3-8(13)5-9(4-7)20-12(14,15)16/h3-5,10H,2,6,17H2,1H3. The summed E-state index contributed by atoms with van der Waals surface area (Å²) in [6, 6.07) is 3.05. The summed E-state index contributed by atoms with van der Waals surface area (Å²) >= 11 is 3.07. The number of hydrogen-bond donors (Lipinski definition) is 1. The Kier molecular flexibility index (Phi) is 5.82. The number of ether oxygens (including phenoxy) is 2. The molecule has 8 heteroatoms. The zero-order chi connectivity index (χ0) is 15.3. The smallest absolute Gasteiger partial charge is 0.466 e. The highest BCUT2D eigenvalue weighted by molar-refractivity contribution is 9.10. The van der Waals surface area contributed by atoms with E-state index < -0.39 is 24.1 Å². The maximum atomic E-state index is 12.2. The predicted molar refractivity (Wildman–Crippen MR) is 69.0 cm³/mol. The fraction of sp³-hybridized carbons (Fsp3) is 0.417. The number of rotatable bonds is 5. The predicted octanol–water partition coefficient (Wildman–Crippen LogP) is 3.30. The van der Waals surface area contributed by atoms with E-state index in [1.165, 1.54) is 6.07 Å². The lowest BCUT2D eigenvalue weighted by molar-refractivity contribution is -0.274. The van der Waals surface area contributed by atoms with Gasteiger partial charge in [0.2, 0.25) is 0 Å². The van der Waals surface area contributed by atoms with Gasteiger partial charge in [0.25, 0.3) is 0 Å². The summed E-state index contributed by atoms with van der Waals surface area (Å²) in [5, 5.41) is 0. The fourth-order valence-corrected chi connectivity index (χ4v) is 2.00. The Balaban J connectivity index is 2.87. The van der Waals surface area contributed by atoms with Crippen LogP contribution in [0.1, 0.15) is 24.9 Å². The minimum Gasteiger partial charge on any atom is -0.466 e. The number of carbonyl (C=O) groups is 1. The number of alkyl halides is 3. The summed E-state index contributed by atoms with van der Waals surface area (Å²) in [5.74, 6) is -0.917. The Morgan fingerprint density at radius 2 is 2.05 bits per heavy atom. The van der Waals surface area contributed by atoms with Crippen molar-refractivity contribution in [2.24, 2.45) is 5.73 Å². The van der Waals surface area contributed by atoms with Crippen LogP contribution in [0.5, 0.6) is 5.75 Å². The van der Waals surface area contributed by atoms with Gasteiger partial charge in [0, 0.05) is 10.5 Å². The highest BCUT2D eigenvalue weighted by Crippen LogP contribution is 2.29. The zero-order valence-corrected chi connectivity index (χ0v) is 12.1. The van der Waals surface area contributed by atoms with Crippen molar-refractivity contribution in [2.45, 2.75) is 25.7 Å². The topological polar surface area (TPSA) is 61.5 Å². The third kappa shape index (κ3) is 5.79. The first kappa shape index (κ1) is 16.8. The number of hydrogen-bond acceptors (Lipinski definition) is 4. The van der Waals surface area contributed by atoms with Crippen LogP contribution in [0.4, 0.5) is 13.2 Å². The molecule has 0 spiro atoms. The molecular formula is C12H13BrF3NO3. The van der Waals surface area contributed by atoms with Crippen LogP contribution in [0.2, 0.25) is 0 Å². The van der Waals surface area contributed by atoms with E-state index in [0.717, 1.165) is 12.1 Å². The first-order valence-electron chi connectivity index (χ1n) is 5.68. The molecular weight excluding hydrogens is 343 g/mol. The molecule has 1 atom stereocenters. The SMILES string of the molecule is CCOC(=O)CC(N)c1cc(Br)cc(OC(F)(F)F)c1. The van der Waals surface area contributed by atoms with E-state index >= 15 is 0 Å². The largest absolute Gasteiger partial charge is 0.573 e. The highest BCUT2D eigenvalue weighted by atomic mass is 79.9. The summed E-state index contributed by atoms with van der Waals surface area (Å²) < 4.78 is 45.4. The zero-order valence-electron chi connectivity index (χ0n) is 10.5. The van der Waals surface area contributed by atoms with Crippen molar-refractivity contribution in [2.75, 3.05) is 6.61 Å². The van der Waals surface area contributed by atoms with Gasteiger partial charge in [-0.05, 0) is 30.7 Å². The average Bonchev–Trinajstić information content (AvgIpc) is 2.25. The Labute approximate surface area is 122 Å². The third-order valence-corrected chi connectivity index (χ3v) is 2.71. The normalized spacial score (nSPS) is 12.9. The van der Waals surface area contributed by atoms with Gasteiger partial charge in [0.15, 0.2) is 0 Å². The first-order valence-corrected chi connectivity index (χ1v) is 6.48. The van der Waals surface area contributed by atoms with Crippen LogP contribution in [-0.4, -0.2) is 18.9 Å². The molecule has 1 aromatic carbocycles. The van der Waals surface area contributed by atoms with Crippen molar-refractivity contribution in [1.29, 1.82) is 0 Å². The van der Waals surface area contributed by atoms with E-state index in [9.17, 15) is 18.0 Å². The molecule has 20 heavy (non-hydrogen) atoms. The van der Waals surface area contributed by atoms with Crippen LogP contribution >= 0.6 is 15.9 Å². The molecule has 1 aromatic rings. The number of carbonyl (C=O) groups excluding carboxylic acids is 1. The molecule has 112 valence electrons. The second-order valence-electron chi connectivity index (χ2n) is 3.88. The molecule has 0 fully saturated rings. The molecule has 0 amide bonds. The Morgan fingerprint density at radius 3 is 2.60 bits per heavy atom. The summed E-state index contributed by atoms with van der Waals surface area (Å²) in [6.07, 6.45) is -4.92. The molecule has 0 aliphatic heterocycles. The maximum absolute atomic E-state index is 12.2. The van der Waals surface area contributed by atoms with Gasteiger partial charge in [-0.25, -0.2) is 0 Å². The van der Waals surface area contributed by atoms with Gasteiger partial charge >= 0.3 is 12.3 Å². The van der Waals surface area contributed by atoms with E-state index in [0.29, 0.717) is 10.0 Å². The quantitative estimate of drug-likeness (QED) is 0.823. The van der Waals surface area contributed by atoms with E-state index in [2.05, 4.69) is 20.7 Å². The Hall–Kier alpha value is -1.28. The molecule has 0 bridgehead atoms. The molecule has 0 aliphatic rings. The average molecular weight is 356 g/mol. The van der Waals surface area contributed by atoms with E-state index in [-0.39, 0.29) is 13.0 Å². The van der Waals surface area contributed by atoms with Gasteiger partial charge in [-0.1, -0.05) is 15.9 Å². The molecule has 1 unspecified atom stereocenters. The molecule has 0 saturated carbocycles. The molecule has 2 N–H and O–H groups in total.